The van der Waals surface area contributed by atoms with Gasteiger partial charge in [-0.3, -0.25) is 4.79 Å². The molecule has 3 heteroatoms. The van der Waals surface area contributed by atoms with Crippen molar-refractivity contribution in [1.82, 2.24) is 10.6 Å². The maximum absolute atomic E-state index is 12.1. The van der Waals surface area contributed by atoms with Crippen molar-refractivity contribution in [2.45, 2.75) is 90.3 Å². The zero-order valence-electron chi connectivity index (χ0n) is 13.0. The molecule has 0 aromatic rings. The summed E-state index contributed by atoms with van der Waals surface area (Å²) in [5.74, 6) is 0.130. The molecule has 110 valence electrons. The smallest absolute Gasteiger partial charge is 0.237 e. The largest absolute Gasteiger partial charge is 0.350 e. The maximum atomic E-state index is 12.1. The van der Waals surface area contributed by atoms with Gasteiger partial charge in [-0.2, -0.15) is 0 Å². The number of carbonyl (C=O) groups is 1. The van der Waals surface area contributed by atoms with Crippen molar-refractivity contribution in [3.05, 3.63) is 0 Å². The molecule has 2 aliphatic rings. The van der Waals surface area contributed by atoms with Crippen LogP contribution in [0.1, 0.15) is 72.6 Å². The van der Waals surface area contributed by atoms with E-state index in [0.29, 0.717) is 11.5 Å². The lowest BCUT2D eigenvalue weighted by molar-refractivity contribution is -0.125. The van der Waals surface area contributed by atoms with Crippen molar-refractivity contribution in [3.63, 3.8) is 0 Å². The van der Waals surface area contributed by atoms with Gasteiger partial charge in [0.05, 0.1) is 6.04 Å². The van der Waals surface area contributed by atoms with Crippen LogP contribution in [0.3, 0.4) is 0 Å². The van der Waals surface area contributed by atoms with Gasteiger partial charge in [0.15, 0.2) is 0 Å². The third kappa shape index (κ3) is 3.50. The first-order valence-electron chi connectivity index (χ1n) is 7.91. The fourth-order valence-corrected chi connectivity index (χ4v) is 3.67. The summed E-state index contributed by atoms with van der Waals surface area (Å²) >= 11 is 0. The fraction of sp³-hybridized carbons (Fsp3) is 0.938. The maximum Gasteiger partial charge on any atom is 0.237 e. The van der Waals surface area contributed by atoms with Gasteiger partial charge in [0, 0.05) is 11.6 Å². The second kappa shape index (κ2) is 5.43. The van der Waals surface area contributed by atoms with Crippen LogP contribution in [0, 0.1) is 5.41 Å². The zero-order valence-corrected chi connectivity index (χ0v) is 13.0. The van der Waals surface area contributed by atoms with Crippen LogP contribution < -0.4 is 10.6 Å². The number of carbonyl (C=O) groups excluding carboxylic acids is 1. The monoisotopic (exact) mass is 266 g/mol. The Morgan fingerprint density at radius 1 is 1.16 bits per heavy atom. The van der Waals surface area contributed by atoms with E-state index in [9.17, 15) is 4.79 Å². The van der Waals surface area contributed by atoms with E-state index in [1.165, 1.54) is 44.9 Å². The van der Waals surface area contributed by atoms with Crippen LogP contribution in [-0.2, 0) is 4.79 Å². The molecular formula is C16H30N2O. The standard InChI is InChI=1S/C16H30N2O/c1-12(14(19)18-15(2,3)4)17-13-8-11-16(13)9-6-5-7-10-16/h12-13,17H,5-11H2,1-4H3,(H,18,19). The van der Waals surface area contributed by atoms with Crippen LogP contribution in [0.2, 0.25) is 0 Å². The Morgan fingerprint density at radius 3 is 2.26 bits per heavy atom. The topological polar surface area (TPSA) is 41.1 Å². The van der Waals surface area contributed by atoms with Crippen molar-refractivity contribution >= 4 is 5.91 Å². The van der Waals surface area contributed by atoms with Crippen LogP contribution in [0.25, 0.3) is 0 Å². The summed E-state index contributed by atoms with van der Waals surface area (Å²) in [4.78, 5) is 12.1. The quantitative estimate of drug-likeness (QED) is 0.824. The predicted molar refractivity (Wildman–Crippen MR) is 79.0 cm³/mol. The number of amides is 1. The minimum absolute atomic E-state index is 0.0803. The zero-order chi connectivity index (χ0) is 14.1. The Bertz CT molecular complexity index is 326. The van der Waals surface area contributed by atoms with Gasteiger partial charge in [0.2, 0.25) is 5.91 Å². The molecular weight excluding hydrogens is 236 g/mol. The Kier molecular flexibility index (Phi) is 4.24. The lowest BCUT2D eigenvalue weighted by atomic mass is 9.57. The van der Waals surface area contributed by atoms with E-state index < -0.39 is 0 Å². The van der Waals surface area contributed by atoms with Crippen molar-refractivity contribution in [2.24, 2.45) is 5.41 Å². The molecule has 2 saturated carbocycles. The molecule has 2 atom stereocenters. The first-order valence-corrected chi connectivity index (χ1v) is 7.91. The van der Waals surface area contributed by atoms with E-state index in [4.69, 9.17) is 0 Å². The number of nitrogens with one attached hydrogen (secondary N) is 2. The highest BCUT2D eigenvalue weighted by molar-refractivity contribution is 5.82. The summed E-state index contributed by atoms with van der Waals surface area (Å²) in [6.07, 6.45) is 9.47. The number of hydrogen-bond donors (Lipinski definition) is 2. The van der Waals surface area contributed by atoms with Gasteiger partial charge in [-0.05, 0) is 58.8 Å². The summed E-state index contributed by atoms with van der Waals surface area (Å²) in [5.41, 5.74) is 0.379. The molecule has 2 rings (SSSR count). The molecule has 0 aliphatic heterocycles. The minimum atomic E-state index is -0.144. The summed E-state index contributed by atoms with van der Waals surface area (Å²) in [5, 5.41) is 6.65. The molecule has 2 aliphatic carbocycles. The van der Waals surface area contributed by atoms with Gasteiger partial charge in [-0.25, -0.2) is 0 Å². The molecule has 2 N–H and O–H groups in total. The van der Waals surface area contributed by atoms with E-state index in [-0.39, 0.29) is 17.5 Å². The van der Waals surface area contributed by atoms with Crippen molar-refractivity contribution < 1.29 is 4.79 Å². The second-order valence-corrected chi connectivity index (χ2v) is 7.64. The number of hydrogen-bond acceptors (Lipinski definition) is 2. The Balaban J connectivity index is 1.85. The van der Waals surface area contributed by atoms with Gasteiger partial charge < -0.3 is 10.6 Å². The third-order valence-electron chi connectivity index (χ3n) is 4.86. The van der Waals surface area contributed by atoms with E-state index >= 15 is 0 Å². The minimum Gasteiger partial charge on any atom is -0.350 e. The summed E-state index contributed by atoms with van der Waals surface area (Å²) in [6.45, 7) is 8.09. The third-order valence-corrected chi connectivity index (χ3v) is 4.86. The average Bonchev–Trinajstić information content (AvgIpc) is 2.33. The Labute approximate surface area is 117 Å². The van der Waals surface area contributed by atoms with Gasteiger partial charge in [0.1, 0.15) is 0 Å². The van der Waals surface area contributed by atoms with E-state index in [1.807, 2.05) is 27.7 Å². The molecule has 3 nitrogen and oxygen atoms in total. The molecule has 0 aromatic heterocycles. The highest BCUT2D eigenvalue weighted by atomic mass is 16.2. The van der Waals surface area contributed by atoms with Crippen LogP contribution in [-0.4, -0.2) is 23.5 Å². The lowest BCUT2D eigenvalue weighted by Gasteiger charge is -2.53. The molecule has 19 heavy (non-hydrogen) atoms. The molecule has 0 radical (unpaired) electrons. The fourth-order valence-electron chi connectivity index (χ4n) is 3.67. The first kappa shape index (κ1) is 14.8. The van der Waals surface area contributed by atoms with Crippen LogP contribution in [0.5, 0.6) is 0 Å². The highest BCUT2D eigenvalue weighted by Crippen LogP contribution is 2.51. The van der Waals surface area contributed by atoms with Crippen molar-refractivity contribution in [2.75, 3.05) is 0 Å². The summed E-state index contributed by atoms with van der Waals surface area (Å²) in [6, 6.07) is 0.483. The molecule has 0 bridgehead atoms. The average molecular weight is 266 g/mol. The highest BCUT2D eigenvalue weighted by Gasteiger charge is 2.47. The number of rotatable bonds is 3. The molecule has 2 fully saturated rings. The van der Waals surface area contributed by atoms with Gasteiger partial charge >= 0.3 is 0 Å². The molecule has 1 spiro atoms. The molecule has 1 amide bonds. The normalized spacial score (nSPS) is 27.7. The van der Waals surface area contributed by atoms with Gasteiger partial charge in [-0.15, -0.1) is 0 Å². The van der Waals surface area contributed by atoms with E-state index in [1.54, 1.807) is 0 Å². The van der Waals surface area contributed by atoms with Gasteiger partial charge in [-0.1, -0.05) is 19.3 Å². The van der Waals surface area contributed by atoms with E-state index in [2.05, 4.69) is 10.6 Å². The SMILES string of the molecule is CC(NC1CCC12CCCCC2)C(=O)NC(C)(C)C. The predicted octanol–water partition coefficient (Wildman–Crippen LogP) is 2.99. The summed E-state index contributed by atoms with van der Waals surface area (Å²) in [7, 11) is 0. The van der Waals surface area contributed by atoms with Gasteiger partial charge in [0.25, 0.3) is 0 Å². The molecule has 2 unspecified atom stereocenters. The Hall–Kier alpha value is -0.570. The molecule has 0 saturated heterocycles. The van der Waals surface area contributed by atoms with E-state index in [0.717, 1.165) is 0 Å². The van der Waals surface area contributed by atoms with Crippen molar-refractivity contribution in [1.29, 1.82) is 0 Å². The van der Waals surface area contributed by atoms with Crippen LogP contribution in [0.15, 0.2) is 0 Å². The van der Waals surface area contributed by atoms with Crippen LogP contribution in [0.4, 0.5) is 0 Å². The lowest BCUT2D eigenvalue weighted by Crippen LogP contribution is -2.60. The molecule has 0 heterocycles. The Morgan fingerprint density at radius 2 is 1.79 bits per heavy atom. The first-order chi connectivity index (χ1) is 8.82. The van der Waals surface area contributed by atoms with Crippen molar-refractivity contribution in [3.8, 4) is 0 Å². The molecule has 0 aromatic carbocycles. The summed E-state index contributed by atoms with van der Waals surface area (Å²) < 4.78 is 0. The van der Waals surface area contributed by atoms with Crippen LogP contribution >= 0.6 is 0 Å². The second-order valence-electron chi connectivity index (χ2n) is 7.64.